The third kappa shape index (κ3) is 2.78. The highest BCUT2D eigenvalue weighted by molar-refractivity contribution is 7.99. The van der Waals surface area contributed by atoms with Gasteiger partial charge in [0.05, 0.1) is 11.6 Å². The number of carbonyl (C=O) groups is 1. The Morgan fingerprint density at radius 1 is 1.39 bits per heavy atom. The molecular formula is C18H21N3OS. The molecule has 4 nitrogen and oxygen atoms in total. The average Bonchev–Trinajstić information content (AvgIpc) is 3.20. The molecule has 1 aromatic heterocycles. The molecule has 3 heterocycles. The number of rotatable bonds is 2. The van der Waals surface area contributed by atoms with Gasteiger partial charge in [-0.3, -0.25) is 9.89 Å². The summed E-state index contributed by atoms with van der Waals surface area (Å²) in [6.45, 7) is 3.70. The summed E-state index contributed by atoms with van der Waals surface area (Å²) in [5, 5.41) is 7.42. The second-order valence-electron chi connectivity index (χ2n) is 6.50. The molecule has 2 aliphatic rings. The summed E-state index contributed by atoms with van der Waals surface area (Å²) in [5.41, 5.74) is 3.39. The van der Waals surface area contributed by atoms with Crippen LogP contribution in [0, 0.1) is 6.92 Å². The van der Waals surface area contributed by atoms with E-state index < -0.39 is 0 Å². The van der Waals surface area contributed by atoms with Gasteiger partial charge in [-0.2, -0.15) is 5.10 Å². The summed E-state index contributed by atoms with van der Waals surface area (Å²) < 4.78 is 0. The minimum atomic E-state index is 0.0240. The van der Waals surface area contributed by atoms with E-state index in [2.05, 4.69) is 39.4 Å². The van der Waals surface area contributed by atoms with Crippen molar-refractivity contribution in [2.75, 3.05) is 18.8 Å². The summed E-state index contributed by atoms with van der Waals surface area (Å²) in [5.74, 6) is 1.55. The lowest BCUT2D eigenvalue weighted by atomic mass is 9.92. The minimum absolute atomic E-state index is 0.0240. The number of nitrogens with one attached hydrogen (secondary N) is 1. The number of hydrogen-bond acceptors (Lipinski definition) is 3. The molecule has 0 aliphatic carbocycles. The van der Waals surface area contributed by atoms with E-state index in [1.54, 1.807) is 11.8 Å². The highest BCUT2D eigenvalue weighted by atomic mass is 32.2. The van der Waals surface area contributed by atoms with Crippen molar-refractivity contribution < 1.29 is 4.79 Å². The van der Waals surface area contributed by atoms with Crippen molar-refractivity contribution in [3.05, 3.63) is 47.3 Å². The van der Waals surface area contributed by atoms with Gasteiger partial charge in [0.1, 0.15) is 0 Å². The Bertz CT molecular complexity index is 727. The predicted molar refractivity (Wildman–Crippen MR) is 91.8 cm³/mol. The van der Waals surface area contributed by atoms with Crippen LogP contribution in [0.25, 0.3) is 0 Å². The number of benzene rings is 1. The number of thioether (sulfide) groups is 1. The number of fused-ring (bicyclic) bond motifs is 1. The zero-order valence-electron chi connectivity index (χ0n) is 13.3. The lowest BCUT2D eigenvalue weighted by Gasteiger charge is -2.33. The highest BCUT2D eigenvalue weighted by Crippen LogP contribution is 2.41. The van der Waals surface area contributed by atoms with Gasteiger partial charge in [-0.05, 0) is 37.5 Å². The summed E-state index contributed by atoms with van der Waals surface area (Å²) in [6.07, 6.45) is 2.17. The Morgan fingerprint density at radius 2 is 2.26 bits per heavy atom. The quantitative estimate of drug-likeness (QED) is 0.920. The molecule has 120 valence electrons. The van der Waals surface area contributed by atoms with Crippen LogP contribution in [0.3, 0.4) is 0 Å². The standard InChI is InChI=1S/C18H21N3OS/c1-12-9-16(20-19-12)13-5-4-8-21(10-13)18(22)15-11-23-17-7-3-2-6-14(15)17/h2-3,6-7,9,13,15H,4-5,8,10-11H2,1H3,(H,19,20)/t13-,15+/m0/s1. The third-order valence-corrected chi connectivity index (χ3v) is 6.06. The van der Waals surface area contributed by atoms with Crippen molar-refractivity contribution in [1.29, 1.82) is 0 Å². The van der Waals surface area contributed by atoms with Crippen molar-refractivity contribution >= 4 is 17.7 Å². The zero-order valence-corrected chi connectivity index (χ0v) is 14.1. The van der Waals surface area contributed by atoms with Gasteiger partial charge in [-0.15, -0.1) is 11.8 Å². The summed E-state index contributed by atoms with van der Waals surface area (Å²) in [4.78, 5) is 16.4. The van der Waals surface area contributed by atoms with E-state index in [9.17, 15) is 4.79 Å². The molecule has 0 unspecified atom stereocenters. The van der Waals surface area contributed by atoms with Crippen molar-refractivity contribution in [2.24, 2.45) is 0 Å². The van der Waals surface area contributed by atoms with Crippen molar-refractivity contribution in [2.45, 2.75) is 36.5 Å². The Morgan fingerprint density at radius 3 is 3.09 bits per heavy atom. The van der Waals surface area contributed by atoms with E-state index in [1.807, 2.05) is 13.0 Å². The van der Waals surface area contributed by atoms with Crippen LogP contribution in [-0.2, 0) is 4.79 Å². The van der Waals surface area contributed by atoms with Crippen LogP contribution >= 0.6 is 11.8 Å². The zero-order chi connectivity index (χ0) is 15.8. The van der Waals surface area contributed by atoms with Gasteiger partial charge in [0, 0.05) is 35.3 Å². The maximum absolute atomic E-state index is 13.0. The van der Waals surface area contributed by atoms with Gasteiger partial charge >= 0.3 is 0 Å². The molecule has 23 heavy (non-hydrogen) atoms. The summed E-state index contributed by atoms with van der Waals surface area (Å²) >= 11 is 1.80. The third-order valence-electron chi connectivity index (χ3n) is 4.88. The first kappa shape index (κ1) is 14.8. The number of aromatic nitrogens is 2. The number of aromatic amines is 1. The molecule has 1 aromatic carbocycles. The summed E-state index contributed by atoms with van der Waals surface area (Å²) in [7, 11) is 0. The smallest absolute Gasteiger partial charge is 0.231 e. The van der Waals surface area contributed by atoms with Crippen molar-refractivity contribution in [3.63, 3.8) is 0 Å². The largest absolute Gasteiger partial charge is 0.341 e. The number of H-pyrrole nitrogens is 1. The molecule has 0 saturated carbocycles. The molecule has 1 amide bonds. The Labute approximate surface area is 140 Å². The number of likely N-dealkylation sites (tertiary alicyclic amines) is 1. The Hall–Kier alpha value is -1.75. The average molecular weight is 327 g/mol. The van der Waals surface area contributed by atoms with E-state index in [0.717, 1.165) is 43.1 Å². The van der Waals surface area contributed by atoms with Crippen LogP contribution in [0.1, 0.15) is 41.6 Å². The van der Waals surface area contributed by atoms with Gasteiger partial charge in [0.2, 0.25) is 5.91 Å². The molecule has 2 aliphatic heterocycles. The van der Waals surface area contributed by atoms with Crippen LogP contribution in [0.4, 0.5) is 0 Å². The van der Waals surface area contributed by atoms with E-state index in [-0.39, 0.29) is 5.92 Å². The van der Waals surface area contributed by atoms with E-state index in [1.165, 1.54) is 10.5 Å². The topological polar surface area (TPSA) is 49.0 Å². The van der Waals surface area contributed by atoms with Crippen LogP contribution in [0.15, 0.2) is 35.2 Å². The van der Waals surface area contributed by atoms with Crippen LogP contribution in [0.2, 0.25) is 0 Å². The molecule has 2 aromatic rings. The van der Waals surface area contributed by atoms with Gasteiger partial charge in [0.15, 0.2) is 0 Å². The molecule has 0 bridgehead atoms. The van der Waals surface area contributed by atoms with E-state index in [4.69, 9.17) is 0 Å². The number of piperidine rings is 1. The second-order valence-corrected chi connectivity index (χ2v) is 7.56. The first-order valence-corrected chi connectivity index (χ1v) is 9.23. The van der Waals surface area contributed by atoms with Gasteiger partial charge in [-0.1, -0.05) is 18.2 Å². The molecule has 1 saturated heterocycles. The molecular weight excluding hydrogens is 306 g/mol. The number of nitrogens with zero attached hydrogens (tertiary/aromatic N) is 2. The second kappa shape index (κ2) is 6.04. The lowest BCUT2D eigenvalue weighted by Crippen LogP contribution is -2.41. The first-order valence-electron chi connectivity index (χ1n) is 8.25. The molecule has 2 atom stereocenters. The predicted octanol–water partition coefficient (Wildman–Crippen LogP) is 3.31. The molecule has 5 heteroatoms. The fraction of sp³-hybridized carbons (Fsp3) is 0.444. The van der Waals surface area contributed by atoms with Gasteiger partial charge < -0.3 is 4.90 Å². The van der Waals surface area contributed by atoms with Gasteiger partial charge in [-0.25, -0.2) is 0 Å². The first-order chi connectivity index (χ1) is 11.2. The number of aryl methyl sites for hydroxylation is 1. The van der Waals surface area contributed by atoms with Crippen LogP contribution < -0.4 is 0 Å². The monoisotopic (exact) mass is 327 g/mol. The fourth-order valence-electron chi connectivity index (χ4n) is 3.65. The normalized spacial score (nSPS) is 23.8. The maximum atomic E-state index is 13.0. The molecule has 4 rings (SSSR count). The van der Waals surface area contributed by atoms with Crippen molar-refractivity contribution in [3.8, 4) is 0 Å². The number of carbonyl (C=O) groups excluding carboxylic acids is 1. The lowest BCUT2D eigenvalue weighted by molar-refractivity contribution is -0.133. The maximum Gasteiger partial charge on any atom is 0.231 e. The molecule has 0 radical (unpaired) electrons. The van der Waals surface area contributed by atoms with Gasteiger partial charge in [0.25, 0.3) is 0 Å². The number of hydrogen-bond donors (Lipinski definition) is 1. The molecule has 1 fully saturated rings. The van der Waals surface area contributed by atoms with E-state index >= 15 is 0 Å². The van der Waals surface area contributed by atoms with Crippen LogP contribution in [0.5, 0.6) is 0 Å². The minimum Gasteiger partial charge on any atom is -0.341 e. The Balaban J connectivity index is 1.51. The summed E-state index contributed by atoms with van der Waals surface area (Å²) in [6, 6.07) is 10.4. The van der Waals surface area contributed by atoms with E-state index in [0.29, 0.717) is 11.8 Å². The fourth-order valence-corrected chi connectivity index (χ4v) is 4.87. The number of amides is 1. The van der Waals surface area contributed by atoms with Crippen LogP contribution in [-0.4, -0.2) is 39.8 Å². The SMILES string of the molecule is Cc1cc([C@H]2CCCN(C(=O)[C@@H]3CSc4ccccc43)C2)n[nH]1. The Kier molecular flexibility index (Phi) is 3.89. The van der Waals surface area contributed by atoms with Crippen molar-refractivity contribution in [1.82, 2.24) is 15.1 Å². The molecule has 1 N–H and O–H groups in total. The highest BCUT2D eigenvalue weighted by Gasteiger charge is 2.34. The molecule has 0 spiro atoms.